The minimum absolute atomic E-state index is 0.227. The van der Waals surface area contributed by atoms with Gasteiger partial charge in [0.15, 0.2) is 0 Å². The number of benzene rings is 2. The topological polar surface area (TPSA) is 21.3 Å². The molecule has 0 saturated heterocycles. The molecule has 0 atom stereocenters. The summed E-state index contributed by atoms with van der Waals surface area (Å²) in [6.45, 7) is 5.00. The molecule has 106 valence electrons. The van der Waals surface area contributed by atoms with Gasteiger partial charge in [-0.05, 0) is 50.2 Å². The van der Waals surface area contributed by atoms with Crippen LogP contribution in [0.15, 0.2) is 36.4 Å². The quantitative estimate of drug-likeness (QED) is 0.896. The molecule has 0 unspecified atom stereocenters. The van der Waals surface area contributed by atoms with Gasteiger partial charge in [-0.25, -0.2) is 4.39 Å². The molecule has 20 heavy (non-hydrogen) atoms. The number of hydrogen-bond donors (Lipinski definition) is 1. The average molecular weight is 273 g/mol. The predicted molar refractivity (Wildman–Crippen MR) is 79.4 cm³/mol. The van der Waals surface area contributed by atoms with Gasteiger partial charge in [-0.15, -0.1) is 0 Å². The van der Waals surface area contributed by atoms with Gasteiger partial charge < -0.3 is 10.1 Å². The van der Waals surface area contributed by atoms with Crippen LogP contribution in [0, 0.1) is 19.7 Å². The van der Waals surface area contributed by atoms with Gasteiger partial charge in [0.25, 0.3) is 0 Å². The fourth-order valence-corrected chi connectivity index (χ4v) is 2.17. The van der Waals surface area contributed by atoms with Crippen molar-refractivity contribution in [3.8, 4) is 5.75 Å². The molecule has 0 amide bonds. The summed E-state index contributed by atoms with van der Waals surface area (Å²) < 4.78 is 19.5. The van der Waals surface area contributed by atoms with E-state index < -0.39 is 0 Å². The Kier molecular flexibility index (Phi) is 4.74. The van der Waals surface area contributed by atoms with Gasteiger partial charge in [0.05, 0.1) is 0 Å². The van der Waals surface area contributed by atoms with Crippen LogP contribution in [0.1, 0.15) is 22.3 Å². The molecule has 2 rings (SSSR count). The number of nitrogens with one attached hydrogen (secondary N) is 1. The molecular weight excluding hydrogens is 253 g/mol. The third-order valence-electron chi connectivity index (χ3n) is 3.20. The van der Waals surface area contributed by atoms with Gasteiger partial charge in [-0.3, -0.25) is 0 Å². The van der Waals surface area contributed by atoms with E-state index >= 15 is 0 Å². The zero-order valence-electron chi connectivity index (χ0n) is 12.2. The van der Waals surface area contributed by atoms with Crippen molar-refractivity contribution in [2.45, 2.75) is 27.0 Å². The van der Waals surface area contributed by atoms with Crippen molar-refractivity contribution in [3.05, 3.63) is 64.5 Å². The molecule has 3 heteroatoms. The monoisotopic (exact) mass is 273 g/mol. The van der Waals surface area contributed by atoms with Crippen molar-refractivity contribution in [3.63, 3.8) is 0 Å². The van der Waals surface area contributed by atoms with E-state index in [1.54, 1.807) is 6.07 Å². The summed E-state index contributed by atoms with van der Waals surface area (Å²) in [5.41, 5.74) is 3.89. The Bertz CT molecular complexity index is 596. The molecule has 0 heterocycles. The highest BCUT2D eigenvalue weighted by Gasteiger charge is 2.06. The highest BCUT2D eigenvalue weighted by atomic mass is 19.1. The van der Waals surface area contributed by atoms with Crippen LogP contribution in [-0.2, 0) is 13.2 Å². The Labute approximate surface area is 119 Å². The molecule has 2 aromatic carbocycles. The highest BCUT2D eigenvalue weighted by Crippen LogP contribution is 2.21. The molecular formula is C17H20FNO. The lowest BCUT2D eigenvalue weighted by molar-refractivity contribution is 0.297. The van der Waals surface area contributed by atoms with Crippen LogP contribution in [0.2, 0.25) is 0 Å². The van der Waals surface area contributed by atoms with E-state index in [2.05, 4.69) is 11.4 Å². The zero-order chi connectivity index (χ0) is 14.5. The number of ether oxygens (including phenoxy) is 1. The van der Waals surface area contributed by atoms with Crippen molar-refractivity contribution in [2.75, 3.05) is 7.05 Å². The zero-order valence-corrected chi connectivity index (χ0v) is 12.2. The maximum Gasteiger partial charge on any atom is 0.129 e. The van der Waals surface area contributed by atoms with Gasteiger partial charge in [0.2, 0.25) is 0 Å². The molecule has 0 radical (unpaired) electrons. The lowest BCUT2D eigenvalue weighted by atomic mass is 10.1. The predicted octanol–water partition coefficient (Wildman–Crippen LogP) is 3.74. The summed E-state index contributed by atoms with van der Waals surface area (Å²) in [4.78, 5) is 0. The summed E-state index contributed by atoms with van der Waals surface area (Å²) in [5.74, 6) is 0.573. The molecule has 0 aliphatic carbocycles. The molecule has 0 fully saturated rings. The minimum atomic E-state index is -0.227. The van der Waals surface area contributed by atoms with Crippen LogP contribution < -0.4 is 10.1 Å². The summed E-state index contributed by atoms with van der Waals surface area (Å²) >= 11 is 0. The summed E-state index contributed by atoms with van der Waals surface area (Å²) in [6.07, 6.45) is 0. The van der Waals surface area contributed by atoms with Gasteiger partial charge in [-0.1, -0.05) is 23.8 Å². The Morgan fingerprint density at radius 3 is 2.60 bits per heavy atom. The summed E-state index contributed by atoms with van der Waals surface area (Å²) in [5, 5.41) is 3.06. The Hall–Kier alpha value is -1.87. The first-order valence-corrected chi connectivity index (χ1v) is 6.72. The maximum atomic E-state index is 13.8. The fourth-order valence-electron chi connectivity index (χ4n) is 2.17. The van der Waals surface area contributed by atoms with Crippen molar-refractivity contribution in [1.29, 1.82) is 0 Å². The van der Waals surface area contributed by atoms with Crippen LogP contribution >= 0.6 is 0 Å². The minimum Gasteiger partial charge on any atom is -0.489 e. The molecule has 0 spiro atoms. The van der Waals surface area contributed by atoms with Crippen LogP contribution in [0.4, 0.5) is 4.39 Å². The van der Waals surface area contributed by atoms with Crippen LogP contribution in [0.5, 0.6) is 5.75 Å². The molecule has 0 saturated carbocycles. The smallest absolute Gasteiger partial charge is 0.129 e. The molecule has 2 nitrogen and oxygen atoms in total. The van der Waals surface area contributed by atoms with E-state index in [4.69, 9.17) is 4.74 Å². The SMILES string of the molecule is CNCc1ccc(F)c(COc2ccc(C)cc2C)c1. The van der Waals surface area contributed by atoms with Crippen molar-refractivity contribution >= 4 is 0 Å². The molecule has 1 N–H and O–H groups in total. The van der Waals surface area contributed by atoms with Crippen LogP contribution in [0.3, 0.4) is 0 Å². The van der Waals surface area contributed by atoms with E-state index in [0.717, 1.165) is 23.4 Å². The third kappa shape index (κ3) is 3.58. The summed E-state index contributed by atoms with van der Waals surface area (Å²) in [7, 11) is 1.87. The number of halogens is 1. The second-order valence-electron chi connectivity index (χ2n) is 5.01. The normalized spacial score (nSPS) is 10.6. The maximum absolute atomic E-state index is 13.8. The van der Waals surface area contributed by atoms with Crippen molar-refractivity contribution in [2.24, 2.45) is 0 Å². The molecule has 0 aliphatic heterocycles. The van der Waals surface area contributed by atoms with E-state index in [0.29, 0.717) is 5.56 Å². The van der Waals surface area contributed by atoms with Crippen LogP contribution in [0.25, 0.3) is 0 Å². The largest absolute Gasteiger partial charge is 0.489 e. The highest BCUT2D eigenvalue weighted by molar-refractivity contribution is 5.36. The second-order valence-corrected chi connectivity index (χ2v) is 5.01. The fraction of sp³-hybridized carbons (Fsp3) is 0.294. The lowest BCUT2D eigenvalue weighted by Gasteiger charge is -2.11. The average Bonchev–Trinajstić information content (AvgIpc) is 2.41. The Balaban J connectivity index is 2.11. The first-order valence-electron chi connectivity index (χ1n) is 6.72. The number of hydrogen-bond acceptors (Lipinski definition) is 2. The molecule has 0 aromatic heterocycles. The molecule has 0 bridgehead atoms. The Morgan fingerprint density at radius 2 is 1.90 bits per heavy atom. The Morgan fingerprint density at radius 1 is 1.10 bits per heavy atom. The van der Waals surface area contributed by atoms with Crippen molar-refractivity contribution < 1.29 is 9.13 Å². The third-order valence-corrected chi connectivity index (χ3v) is 3.20. The van der Waals surface area contributed by atoms with Crippen LogP contribution in [-0.4, -0.2) is 7.05 Å². The molecule has 2 aromatic rings. The first kappa shape index (κ1) is 14.5. The first-order chi connectivity index (χ1) is 9.60. The number of aryl methyl sites for hydroxylation is 2. The van der Waals surface area contributed by atoms with E-state index in [1.807, 2.05) is 39.1 Å². The second kappa shape index (κ2) is 6.53. The number of rotatable bonds is 5. The molecule has 0 aliphatic rings. The summed E-state index contributed by atoms with van der Waals surface area (Å²) in [6, 6.07) is 11.1. The van der Waals surface area contributed by atoms with Gasteiger partial charge in [-0.2, -0.15) is 0 Å². The van der Waals surface area contributed by atoms with E-state index in [-0.39, 0.29) is 12.4 Å². The van der Waals surface area contributed by atoms with Gasteiger partial charge in [0, 0.05) is 12.1 Å². The van der Waals surface area contributed by atoms with Gasteiger partial charge in [0.1, 0.15) is 18.2 Å². The van der Waals surface area contributed by atoms with E-state index in [9.17, 15) is 4.39 Å². The van der Waals surface area contributed by atoms with Crippen molar-refractivity contribution in [1.82, 2.24) is 5.32 Å². The van der Waals surface area contributed by atoms with E-state index in [1.165, 1.54) is 11.6 Å². The van der Waals surface area contributed by atoms with Gasteiger partial charge >= 0.3 is 0 Å². The standard InChI is InChI=1S/C17H20FNO/c1-12-4-7-17(13(2)8-12)20-11-15-9-14(10-19-3)5-6-16(15)18/h4-9,19H,10-11H2,1-3H3. The lowest BCUT2D eigenvalue weighted by Crippen LogP contribution is -2.07.